The van der Waals surface area contributed by atoms with E-state index in [0.29, 0.717) is 5.82 Å². The number of hydrogen-bond donors (Lipinski definition) is 1. The molecule has 1 rings (SSSR count). The Bertz CT molecular complexity index is 299. The first-order chi connectivity index (χ1) is 5.66. The van der Waals surface area contributed by atoms with Crippen molar-refractivity contribution in [2.45, 2.75) is 13.5 Å². The van der Waals surface area contributed by atoms with Crippen molar-refractivity contribution in [1.82, 2.24) is 9.55 Å². The van der Waals surface area contributed by atoms with Gasteiger partial charge in [0.15, 0.2) is 5.82 Å². The molecule has 6 nitrogen and oxygen atoms in total. The van der Waals surface area contributed by atoms with E-state index >= 15 is 0 Å². The summed E-state index contributed by atoms with van der Waals surface area (Å²) >= 11 is 0. The Balaban J connectivity index is 0.00000144. The summed E-state index contributed by atoms with van der Waals surface area (Å²) in [7, 11) is 0. The Morgan fingerprint density at radius 1 is 1.77 bits per heavy atom. The van der Waals surface area contributed by atoms with Crippen LogP contribution < -0.4 is 0 Å². The van der Waals surface area contributed by atoms with Crippen LogP contribution in [0.4, 0.5) is 5.82 Å². The monoisotopic (exact) mass is 213 g/mol. The first-order valence-electron chi connectivity index (χ1n) is 3.44. The Hall–Kier alpha value is -0.170. The van der Waals surface area contributed by atoms with Gasteiger partial charge in [0.25, 0.3) is 0 Å². The van der Waals surface area contributed by atoms with Gasteiger partial charge in [0.05, 0.1) is 6.61 Å². The van der Waals surface area contributed by atoms with Crippen LogP contribution in [0.15, 0.2) is 6.20 Å². The van der Waals surface area contributed by atoms with E-state index in [9.17, 15) is 10.1 Å². The van der Waals surface area contributed by atoms with E-state index in [1.165, 1.54) is 10.8 Å². The molecular formula is C6H11CaN3O3. The van der Waals surface area contributed by atoms with Crippen molar-refractivity contribution in [3.8, 4) is 0 Å². The van der Waals surface area contributed by atoms with Crippen LogP contribution >= 0.6 is 0 Å². The Kier molecular flexibility index (Phi) is 5.46. The van der Waals surface area contributed by atoms with Gasteiger partial charge in [-0.3, -0.25) is 0 Å². The molecule has 0 saturated carbocycles. The summed E-state index contributed by atoms with van der Waals surface area (Å²) in [4.78, 5) is 13.6. The molecule has 0 saturated heterocycles. The topological polar surface area (TPSA) is 81.2 Å². The van der Waals surface area contributed by atoms with E-state index < -0.39 is 4.92 Å². The van der Waals surface area contributed by atoms with E-state index in [2.05, 4.69) is 4.98 Å². The Morgan fingerprint density at radius 3 is 2.85 bits per heavy atom. The first kappa shape index (κ1) is 12.8. The van der Waals surface area contributed by atoms with Crippen molar-refractivity contribution in [2.24, 2.45) is 0 Å². The van der Waals surface area contributed by atoms with Gasteiger partial charge in [-0.1, -0.05) is 0 Å². The Morgan fingerprint density at radius 2 is 2.38 bits per heavy atom. The molecule has 0 fully saturated rings. The van der Waals surface area contributed by atoms with Gasteiger partial charge in [-0.2, -0.15) is 0 Å². The number of aliphatic hydroxyl groups excluding tert-OH is 1. The van der Waals surface area contributed by atoms with Gasteiger partial charge >= 0.3 is 43.6 Å². The molecule has 0 aromatic carbocycles. The van der Waals surface area contributed by atoms with Crippen molar-refractivity contribution in [3.63, 3.8) is 0 Å². The number of nitro groups is 1. The fourth-order valence-corrected chi connectivity index (χ4v) is 0.978. The third kappa shape index (κ3) is 2.91. The van der Waals surface area contributed by atoms with Crippen molar-refractivity contribution >= 4 is 43.6 Å². The number of imidazole rings is 1. The van der Waals surface area contributed by atoms with Crippen LogP contribution in [0, 0.1) is 17.0 Å². The third-order valence-electron chi connectivity index (χ3n) is 1.54. The quantitative estimate of drug-likeness (QED) is 0.404. The van der Waals surface area contributed by atoms with Crippen LogP contribution in [0.2, 0.25) is 0 Å². The van der Waals surface area contributed by atoms with Crippen LogP contribution in [0.1, 0.15) is 5.82 Å². The number of aliphatic hydroxyl groups is 1. The molecule has 7 heteroatoms. The van der Waals surface area contributed by atoms with Crippen LogP contribution in [0.3, 0.4) is 0 Å². The predicted molar refractivity (Wildman–Crippen MR) is 49.2 cm³/mol. The van der Waals surface area contributed by atoms with Crippen molar-refractivity contribution in [3.05, 3.63) is 22.1 Å². The molecule has 0 aliphatic carbocycles. The minimum atomic E-state index is -0.518. The molecule has 13 heavy (non-hydrogen) atoms. The maximum atomic E-state index is 10.4. The standard InChI is InChI=1S/C6H9N3O3.Ca.2H/c1-5-7-4-6(9(11)12)8(5)2-3-10;;;/h4,10H,2-3H2,1H3;;;. The molecule has 0 radical (unpaired) electrons. The van der Waals surface area contributed by atoms with Gasteiger partial charge in [-0.15, -0.1) is 0 Å². The van der Waals surface area contributed by atoms with E-state index in [4.69, 9.17) is 5.11 Å². The normalized spacial score (nSPS) is 9.38. The number of rotatable bonds is 3. The van der Waals surface area contributed by atoms with Gasteiger partial charge in [0.2, 0.25) is 0 Å². The summed E-state index contributed by atoms with van der Waals surface area (Å²) in [5.74, 6) is 0.456. The molecular weight excluding hydrogens is 202 g/mol. The fourth-order valence-electron chi connectivity index (χ4n) is 0.978. The molecule has 1 aromatic heterocycles. The third-order valence-corrected chi connectivity index (χ3v) is 1.54. The summed E-state index contributed by atoms with van der Waals surface area (Å²) in [5, 5.41) is 19.0. The summed E-state index contributed by atoms with van der Waals surface area (Å²) < 4.78 is 1.36. The van der Waals surface area contributed by atoms with Crippen molar-refractivity contribution < 1.29 is 10.0 Å². The number of nitrogens with zero attached hydrogens (tertiary/aromatic N) is 3. The van der Waals surface area contributed by atoms with Gasteiger partial charge in [0.1, 0.15) is 12.7 Å². The second kappa shape index (κ2) is 5.54. The molecule has 0 bridgehead atoms. The van der Waals surface area contributed by atoms with Crippen LogP contribution in [-0.2, 0) is 6.54 Å². The predicted octanol–water partition coefficient (Wildman–Crippen LogP) is -0.824. The summed E-state index contributed by atoms with van der Waals surface area (Å²) in [5.41, 5.74) is 0. The molecule has 70 valence electrons. The molecule has 0 aliphatic rings. The zero-order chi connectivity index (χ0) is 9.14. The van der Waals surface area contributed by atoms with E-state index in [1.807, 2.05) is 0 Å². The molecule has 0 unspecified atom stereocenters. The summed E-state index contributed by atoms with van der Waals surface area (Å²) in [6.45, 7) is 1.74. The molecule has 1 aromatic rings. The zero-order valence-electron chi connectivity index (χ0n) is 6.60. The number of hydrogen-bond acceptors (Lipinski definition) is 4. The molecule has 1 heterocycles. The average Bonchev–Trinajstić information content (AvgIpc) is 2.34. The second-order valence-corrected chi connectivity index (χ2v) is 2.30. The van der Waals surface area contributed by atoms with Crippen LogP contribution in [0.25, 0.3) is 0 Å². The van der Waals surface area contributed by atoms with E-state index in [1.54, 1.807) is 6.92 Å². The zero-order valence-corrected chi connectivity index (χ0v) is 6.60. The fraction of sp³-hybridized carbons (Fsp3) is 0.500. The molecule has 0 atom stereocenters. The molecule has 0 aliphatic heterocycles. The first-order valence-corrected chi connectivity index (χ1v) is 3.44. The van der Waals surface area contributed by atoms with Gasteiger partial charge in [-0.25, -0.2) is 9.55 Å². The number of aryl methyl sites for hydroxylation is 1. The maximum absolute atomic E-state index is 10.4. The molecule has 0 spiro atoms. The van der Waals surface area contributed by atoms with Crippen LogP contribution in [0.5, 0.6) is 0 Å². The average molecular weight is 213 g/mol. The van der Waals surface area contributed by atoms with Gasteiger partial charge < -0.3 is 15.2 Å². The van der Waals surface area contributed by atoms with Crippen molar-refractivity contribution in [1.29, 1.82) is 0 Å². The van der Waals surface area contributed by atoms with Crippen molar-refractivity contribution in [2.75, 3.05) is 6.61 Å². The van der Waals surface area contributed by atoms with Gasteiger partial charge in [0, 0.05) is 6.92 Å². The van der Waals surface area contributed by atoms with Crippen LogP contribution in [-0.4, -0.2) is 63.9 Å². The SMILES string of the molecule is Cc1ncc([N+](=O)[O-])n1CCO.[CaH2]. The van der Waals surface area contributed by atoms with Gasteiger partial charge in [-0.05, 0) is 4.92 Å². The minimum absolute atomic E-state index is 0. The van der Waals surface area contributed by atoms with E-state index in [0.717, 1.165) is 0 Å². The molecule has 0 amide bonds. The summed E-state index contributed by atoms with van der Waals surface area (Å²) in [6, 6.07) is 0. The second-order valence-electron chi connectivity index (χ2n) is 2.30. The molecule has 1 N–H and O–H groups in total. The van der Waals surface area contributed by atoms with E-state index in [-0.39, 0.29) is 56.7 Å². The summed E-state index contributed by atoms with van der Waals surface area (Å²) in [6.07, 6.45) is 1.19. The number of aromatic nitrogens is 2. The Labute approximate surface area is 105 Å².